The van der Waals surface area contributed by atoms with Gasteiger partial charge in [0.2, 0.25) is 0 Å². The second kappa shape index (κ2) is 4.30. The van der Waals surface area contributed by atoms with E-state index in [1.807, 2.05) is 0 Å². The lowest BCUT2D eigenvalue weighted by Gasteiger charge is -2.25. The summed E-state index contributed by atoms with van der Waals surface area (Å²) in [5.74, 6) is 0.729. The smallest absolute Gasteiger partial charge is 0.0725 e. The second-order valence-electron chi connectivity index (χ2n) is 4.58. The first kappa shape index (κ1) is 10.5. The maximum atomic E-state index is 4.81. The van der Waals surface area contributed by atoms with E-state index in [9.17, 15) is 0 Å². The van der Waals surface area contributed by atoms with Crippen molar-refractivity contribution in [1.82, 2.24) is 5.32 Å². The molecule has 3 heteroatoms. The molecule has 0 spiro atoms. The second-order valence-corrected chi connectivity index (χ2v) is 5.49. The van der Waals surface area contributed by atoms with Gasteiger partial charge in [0.15, 0.2) is 0 Å². The Hall–Kier alpha value is -0.670. The highest BCUT2D eigenvalue weighted by Crippen LogP contribution is 2.20. The summed E-state index contributed by atoms with van der Waals surface area (Å²) in [7, 11) is 0. The Bertz CT molecular complexity index is 503. The average Bonchev–Trinajstić information content (AvgIpc) is 2.73. The normalized spacial score (nSPS) is 24.7. The molecule has 0 radical (unpaired) electrons. The number of nitrogens with one attached hydrogen (secondary N) is 1. The Balaban J connectivity index is 1.91. The van der Waals surface area contributed by atoms with Gasteiger partial charge in [-0.3, -0.25) is 4.99 Å². The minimum atomic E-state index is 0.409. The van der Waals surface area contributed by atoms with Gasteiger partial charge in [-0.05, 0) is 55.3 Å². The van der Waals surface area contributed by atoms with E-state index in [1.54, 1.807) is 0 Å². The highest BCUT2D eigenvalue weighted by Gasteiger charge is 2.22. The van der Waals surface area contributed by atoms with Crippen molar-refractivity contribution in [3.63, 3.8) is 0 Å². The summed E-state index contributed by atoms with van der Waals surface area (Å²) in [6.45, 7) is 2.29. The van der Waals surface area contributed by atoms with E-state index in [1.165, 1.54) is 18.1 Å². The van der Waals surface area contributed by atoms with Crippen molar-refractivity contribution in [2.75, 3.05) is 13.1 Å². The van der Waals surface area contributed by atoms with Crippen molar-refractivity contribution in [2.45, 2.75) is 18.9 Å². The van der Waals surface area contributed by atoms with E-state index in [-0.39, 0.29) is 0 Å². The van der Waals surface area contributed by atoms with Crippen LogP contribution in [0.15, 0.2) is 27.7 Å². The molecule has 0 aromatic heterocycles. The van der Waals surface area contributed by atoms with E-state index in [2.05, 4.69) is 45.5 Å². The van der Waals surface area contributed by atoms with Crippen LogP contribution in [0, 0.1) is 5.92 Å². The maximum Gasteiger partial charge on any atom is 0.0725 e. The summed E-state index contributed by atoms with van der Waals surface area (Å²) in [5.41, 5.74) is 0. The Labute approximate surface area is 104 Å². The summed E-state index contributed by atoms with van der Waals surface area (Å²) in [5, 5.41) is 5.85. The van der Waals surface area contributed by atoms with Crippen LogP contribution in [-0.2, 0) is 0 Å². The van der Waals surface area contributed by atoms with Crippen LogP contribution in [0.25, 0.3) is 6.08 Å². The number of nitrogens with zero attached hydrogens (tertiary/aromatic N) is 1. The number of piperidine rings is 1. The molecule has 0 amide bonds. The highest BCUT2D eigenvalue weighted by molar-refractivity contribution is 9.10. The first-order chi connectivity index (χ1) is 7.83. The Morgan fingerprint density at radius 2 is 2.06 bits per heavy atom. The third-order valence-electron chi connectivity index (χ3n) is 3.49. The number of benzene rings is 1. The predicted octanol–water partition coefficient (Wildman–Crippen LogP) is 1.23. The van der Waals surface area contributed by atoms with Gasteiger partial charge in [-0.1, -0.05) is 22.0 Å². The van der Waals surface area contributed by atoms with Crippen molar-refractivity contribution in [2.24, 2.45) is 10.9 Å². The molecule has 1 unspecified atom stereocenters. The lowest BCUT2D eigenvalue weighted by Crippen LogP contribution is -2.32. The molecule has 1 atom stereocenters. The third-order valence-corrected chi connectivity index (χ3v) is 3.99. The van der Waals surface area contributed by atoms with Crippen molar-refractivity contribution in [3.8, 4) is 0 Å². The topological polar surface area (TPSA) is 24.4 Å². The van der Waals surface area contributed by atoms with Crippen molar-refractivity contribution in [1.29, 1.82) is 0 Å². The minimum Gasteiger partial charge on any atom is -0.317 e. The predicted molar refractivity (Wildman–Crippen MR) is 68.8 cm³/mol. The first-order valence-corrected chi connectivity index (χ1v) is 6.68. The van der Waals surface area contributed by atoms with Gasteiger partial charge in [0.25, 0.3) is 0 Å². The van der Waals surface area contributed by atoms with E-state index < -0.39 is 0 Å². The lowest BCUT2D eigenvalue weighted by atomic mass is 9.91. The Morgan fingerprint density at radius 1 is 1.25 bits per heavy atom. The molecule has 0 aliphatic carbocycles. The molecule has 84 valence electrons. The number of hydrogen-bond donors (Lipinski definition) is 1. The Kier molecular flexibility index (Phi) is 2.82. The molecule has 3 rings (SSSR count). The average molecular weight is 279 g/mol. The molecule has 2 heterocycles. The molecule has 1 aromatic carbocycles. The summed E-state index contributed by atoms with van der Waals surface area (Å²) < 4.78 is 1.14. The Morgan fingerprint density at radius 3 is 2.88 bits per heavy atom. The van der Waals surface area contributed by atoms with Gasteiger partial charge in [0.05, 0.1) is 11.4 Å². The fourth-order valence-corrected chi connectivity index (χ4v) is 2.96. The zero-order chi connectivity index (χ0) is 11.0. The fourth-order valence-electron chi connectivity index (χ4n) is 2.59. The van der Waals surface area contributed by atoms with E-state index >= 15 is 0 Å². The largest absolute Gasteiger partial charge is 0.317 e. The lowest BCUT2D eigenvalue weighted by molar-refractivity contribution is 0.355. The zero-order valence-electron chi connectivity index (χ0n) is 9.12. The minimum absolute atomic E-state index is 0.409. The molecule has 0 saturated carbocycles. The van der Waals surface area contributed by atoms with Gasteiger partial charge in [-0.25, -0.2) is 0 Å². The molecule has 16 heavy (non-hydrogen) atoms. The van der Waals surface area contributed by atoms with E-state index in [0.29, 0.717) is 6.04 Å². The zero-order valence-corrected chi connectivity index (χ0v) is 10.7. The molecule has 1 aromatic rings. The number of fused-ring (bicyclic) bond motifs is 1. The molecule has 2 nitrogen and oxygen atoms in total. The summed E-state index contributed by atoms with van der Waals surface area (Å²) in [4.78, 5) is 4.81. The number of halogens is 1. The number of hydrogen-bond acceptors (Lipinski definition) is 2. The molecule has 0 bridgehead atoms. The first-order valence-electron chi connectivity index (χ1n) is 5.89. The summed E-state index contributed by atoms with van der Waals surface area (Å²) in [6, 6.07) is 6.75. The van der Waals surface area contributed by atoms with Gasteiger partial charge >= 0.3 is 0 Å². The standard InChI is InChI=1S/C13H15BrN2/c14-11-1-2-12-10(7-11)8-13(16-12)9-3-5-15-6-4-9/h1-2,7-9,13,15H,3-6H2. The quantitative estimate of drug-likeness (QED) is 0.821. The van der Waals surface area contributed by atoms with Crippen LogP contribution >= 0.6 is 15.9 Å². The van der Waals surface area contributed by atoms with Crippen LogP contribution in [0.3, 0.4) is 0 Å². The van der Waals surface area contributed by atoms with E-state index in [4.69, 9.17) is 4.99 Å². The monoisotopic (exact) mass is 278 g/mol. The molecule has 1 N–H and O–H groups in total. The van der Waals surface area contributed by atoms with Gasteiger partial charge < -0.3 is 5.32 Å². The van der Waals surface area contributed by atoms with Crippen LogP contribution < -0.4 is 15.9 Å². The number of rotatable bonds is 1. The maximum absolute atomic E-state index is 4.81. The van der Waals surface area contributed by atoms with Crippen molar-refractivity contribution in [3.05, 3.63) is 33.2 Å². The van der Waals surface area contributed by atoms with E-state index in [0.717, 1.165) is 28.8 Å². The van der Waals surface area contributed by atoms with Crippen molar-refractivity contribution >= 4 is 22.0 Å². The summed E-state index contributed by atoms with van der Waals surface area (Å²) >= 11 is 3.51. The third kappa shape index (κ3) is 1.94. The molecule has 2 aliphatic rings. The molecular formula is C13H15BrN2. The van der Waals surface area contributed by atoms with Gasteiger partial charge in [0.1, 0.15) is 0 Å². The fraction of sp³-hybridized carbons (Fsp3) is 0.462. The summed E-state index contributed by atoms with van der Waals surface area (Å²) in [6.07, 6.45) is 4.83. The van der Waals surface area contributed by atoms with Gasteiger partial charge in [-0.2, -0.15) is 0 Å². The van der Waals surface area contributed by atoms with Crippen molar-refractivity contribution < 1.29 is 0 Å². The van der Waals surface area contributed by atoms with Gasteiger partial charge in [0, 0.05) is 4.47 Å². The van der Waals surface area contributed by atoms with Crippen LogP contribution in [0.2, 0.25) is 0 Å². The SMILES string of the molecule is Brc1ccc2c(c1)=CC(C1CCNCC1)N=2. The molecule has 2 aliphatic heterocycles. The highest BCUT2D eigenvalue weighted by atomic mass is 79.9. The van der Waals surface area contributed by atoms with Crippen LogP contribution in [-0.4, -0.2) is 19.1 Å². The molecular weight excluding hydrogens is 264 g/mol. The van der Waals surface area contributed by atoms with Crippen LogP contribution in [0.1, 0.15) is 12.8 Å². The van der Waals surface area contributed by atoms with Crippen LogP contribution in [0.4, 0.5) is 0 Å². The molecule has 1 saturated heterocycles. The van der Waals surface area contributed by atoms with Crippen LogP contribution in [0.5, 0.6) is 0 Å². The van der Waals surface area contributed by atoms with Gasteiger partial charge in [-0.15, -0.1) is 0 Å². The molecule has 1 fully saturated rings.